The number of carbonyl (C=O) groups excluding carboxylic acids is 1. The molecular formula is C22H24N2O5S2. The number of rotatable bonds is 5. The van der Waals surface area contributed by atoms with E-state index in [0.29, 0.717) is 22.4 Å². The second-order valence-electron chi connectivity index (χ2n) is 7.66. The van der Waals surface area contributed by atoms with Gasteiger partial charge >= 0.3 is 0 Å². The lowest BCUT2D eigenvalue weighted by Crippen LogP contribution is -2.38. The van der Waals surface area contributed by atoms with E-state index in [-0.39, 0.29) is 35.1 Å². The number of anilines is 1. The van der Waals surface area contributed by atoms with Crippen LogP contribution in [0.25, 0.3) is 0 Å². The highest BCUT2D eigenvalue weighted by Crippen LogP contribution is 2.44. The summed E-state index contributed by atoms with van der Waals surface area (Å²) in [6.07, 6.45) is 0.186. The normalized spacial score (nSPS) is 23.1. The molecule has 2 saturated heterocycles. The zero-order valence-electron chi connectivity index (χ0n) is 17.6. The molecule has 4 rings (SSSR count). The minimum atomic E-state index is -3.15. The number of thioether (sulfide) groups is 1. The van der Waals surface area contributed by atoms with Crippen LogP contribution in [0.4, 0.5) is 5.69 Å². The highest BCUT2D eigenvalue weighted by atomic mass is 32.2. The SMILES string of the molecule is COc1ccc(N2C(=NC(=O)Cc3ccc(C)cc3)SC3CS(=O)(=O)CC32)c(OC)c1. The summed E-state index contributed by atoms with van der Waals surface area (Å²) in [5.41, 5.74) is 2.68. The number of ether oxygens (including phenoxy) is 2. The van der Waals surface area contributed by atoms with Gasteiger partial charge < -0.3 is 14.4 Å². The fourth-order valence-corrected chi connectivity index (χ4v) is 7.78. The Kier molecular flexibility index (Phi) is 5.98. The number of benzene rings is 2. The summed E-state index contributed by atoms with van der Waals surface area (Å²) in [5, 5.41) is 0.327. The van der Waals surface area contributed by atoms with E-state index in [1.54, 1.807) is 26.4 Å². The van der Waals surface area contributed by atoms with Crippen LogP contribution < -0.4 is 14.4 Å². The van der Waals surface area contributed by atoms with Crippen LogP contribution in [0.3, 0.4) is 0 Å². The fourth-order valence-electron chi connectivity index (χ4n) is 3.86. The molecule has 0 saturated carbocycles. The van der Waals surface area contributed by atoms with Crippen molar-refractivity contribution in [2.24, 2.45) is 4.99 Å². The van der Waals surface area contributed by atoms with Gasteiger partial charge in [0.2, 0.25) is 0 Å². The van der Waals surface area contributed by atoms with Gasteiger partial charge in [0.1, 0.15) is 11.5 Å². The number of hydrogen-bond donors (Lipinski definition) is 0. The molecule has 0 aliphatic carbocycles. The van der Waals surface area contributed by atoms with Crippen LogP contribution in [0.1, 0.15) is 11.1 Å². The van der Waals surface area contributed by atoms with Gasteiger partial charge in [-0.3, -0.25) is 4.79 Å². The van der Waals surface area contributed by atoms with Crippen LogP contribution in [-0.4, -0.2) is 56.5 Å². The van der Waals surface area contributed by atoms with Crippen molar-refractivity contribution >= 4 is 38.4 Å². The van der Waals surface area contributed by atoms with Crippen molar-refractivity contribution in [1.82, 2.24) is 0 Å². The molecule has 2 aromatic carbocycles. The highest BCUT2D eigenvalue weighted by molar-refractivity contribution is 8.16. The Balaban J connectivity index is 1.69. The summed E-state index contributed by atoms with van der Waals surface area (Å²) < 4.78 is 35.4. The maximum Gasteiger partial charge on any atom is 0.252 e. The van der Waals surface area contributed by atoms with Crippen molar-refractivity contribution in [3.8, 4) is 11.5 Å². The number of hydrogen-bond acceptors (Lipinski definition) is 6. The lowest BCUT2D eigenvalue weighted by Gasteiger charge is -2.26. The van der Waals surface area contributed by atoms with Gasteiger partial charge in [-0.05, 0) is 24.6 Å². The van der Waals surface area contributed by atoms with Crippen molar-refractivity contribution in [3.05, 3.63) is 53.6 Å². The van der Waals surface area contributed by atoms with Gasteiger partial charge in [0.15, 0.2) is 15.0 Å². The predicted molar refractivity (Wildman–Crippen MR) is 123 cm³/mol. The van der Waals surface area contributed by atoms with Gasteiger partial charge in [0.05, 0.1) is 43.9 Å². The van der Waals surface area contributed by atoms with E-state index in [1.807, 2.05) is 42.2 Å². The molecule has 2 fully saturated rings. The molecule has 2 unspecified atom stereocenters. The number of aryl methyl sites for hydroxylation is 1. The number of carbonyl (C=O) groups is 1. The highest BCUT2D eigenvalue weighted by Gasteiger charge is 2.50. The van der Waals surface area contributed by atoms with E-state index in [2.05, 4.69) is 4.99 Å². The lowest BCUT2D eigenvalue weighted by molar-refractivity contribution is -0.117. The van der Waals surface area contributed by atoms with Crippen molar-refractivity contribution in [1.29, 1.82) is 0 Å². The molecule has 164 valence electrons. The van der Waals surface area contributed by atoms with E-state index in [0.717, 1.165) is 11.1 Å². The zero-order chi connectivity index (χ0) is 22.2. The van der Waals surface area contributed by atoms with Crippen LogP contribution in [-0.2, 0) is 21.1 Å². The van der Waals surface area contributed by atoms with E-state index in [9.17, 15) is 13.2 Å². The van der Waals surface area contributed by atoms with Gasteiger partial charge in [-0.15, -0.1) is 0 Å². The van der Waals surface area contributed by atoms with E-state index < -0.39 is 9.84 Å². The summed E-state index contributed by atoms with van der Waals surface area (Å²) in [6, 6.07) is 12.8. The zero-order valence-corrected chi connectivity index (χ0v) is 19.2. The number of amides is 1. The van der Waals surface area contributed by atoms with Crippen LogP contribution in [0.2, 0.25) is 0 Å². The van der Waals surface area contributed by atoms with Crippen LogP contribution >= 0.6 is 11.8 Å². The monoisotopic (exact) mass is 460 g/mol. The Hall–Kier alpha value is -2.52. The summed E-state index contributed by atoms with van der Waals surface area (Å²) in [6.45, 7) is 1.99. The molecular weight excluding hydrogens is 436 g/mol. The van der Waals surface area contributed by atoms with Gasteiger partial charge in [0.25, 0.3) is 5.91 Å². The number of sulfone groups is 1. The molecule has 2 aliphatic rings. The third-order valence-corrected chi connectivity index (χ3v) is 8.62. The largest absolute Gasteiger partial charge is 0.497 e. The smallest absolute Gasteiger partial charge is 0.252 e. The maximum absolute atomic E-state index is 12.7. The van der Waals surface area contributed by atoms with Crippen molar-refractivity contribution in [3.63, 3.8) is 0 Å². The van der Waals surface area contributed by atoms with Crippen molar-refractivity contribution in [2.75, 3.05) is 30.6 Å². The average molecular weight is 461 g/mol. The molecule has 2 aliphatic heterocycles. The van der Waals surface area contributed by atoms with E-state index >= 15 is 0 Å². The Morgan fingerprint density at radius 3 is 2.55 bits per heavy atom. The molecule has 2 atom stereocenters. The third-order valence-electron chi connectivity index (χ3n) is 5.41. The first kappa shape index (κ1) is 21.7. The van der Waals surface area contributed by atoms with Gasteiger partial charge in [-0.2, -0.15) is 4.99 Å². The summed E-state index contributed by atoms with van der Waals surface area (Å²) in [5.74, 6) is 0.972. The van der Waals surface area contributed by atoms with Gasteiger partial charge in [-0.1, -0.05) is 41.6 Å². The lowest BCUT2D eigenvalue weighted by atomic mass is 10.1. The second kappa shape index (κ2) is 8.55. The standard InChI is InChI=1S/C22H24N2O5S2/c1-14-4-6-15(7-5-14)10-21(25)23-22-24(18-12-31(26,27)13-20(18)30-22)17-9-8-16(28-2)11-19(17)29-3/h4-9,11,18,20H,10,12-13H2,1-3H3. The first-order valence-corrected chi connectivity index (χ1v) is 12.5. The van der Waals surface area contributed by atoms with E-state index in [4.69, 9.17) is 9.47 Å². The van der Waals surface area contributed by atoms with Crippen molar-refractivity contribution < 1.29 is 22.7 Å². The first-order valence-electron chi connectivity index (χ1n) is 9.85. The molecule has 0 radical (unpaired) electrons. The average Bonchev–Trinajstić information content (AvgIpc) is 3.19. The third kappa shape index (κ3) is 4.57. The second-order valence-corrected chi connectivity index (χ2v) is 11.0. The maximum atomic E-state index is 12.7. The molecule has 9 heteroatoms. The van der Waals surface area contributed by atoms with Gasteiger partial charge in [0, 0.05) is 11.3 Å². The predicted octanol–water partition coefficient (Wildman–Crippen LogP) is 2.86. The Morgan fingerprint density at radius 2 is 1.87 bits per heavy atom. The Morgan fingerprint density at radius 1 is 1.13 bits per heavy atom. The Bertz CT molecular complexity index is 1130. The number of aliphatic imine (C=N–C) groups is 1. The minimum absolute atomic E-state index is 0.0189. The van der Waals surface area contributed by atoms with E-state index in [1.165, 1.54) is 11.8 Å². The number of methoxy groups -OCH3 is 2. The Labute approximate surface area is 186 Å². The minimum Gasteiger partial charge on any atom is -0.497 e. The summed E-state index contributed by atoms with van der Waals surface area (Å²) in [7, 11) is -0.0401. The molecule has 2 aromatic rings. The number of nitrogens with zero attached hydrogens (tertiary/aromatic N) is 2. The fraction of sp³-hybridized carbons (Fsp3) is 0.364. The quantitative estimate of drug-likeness (QED) is 0.678. The van der Waals surface area contributed by atoms with Gasteiger partial charge in [-0.25, -0.2) is 8.42 Å². The molecule has 0 spiro atoms. The molecule has 1 amide bonds. The number of fused-ring (bicyclic) bond motifs is 1. The van der Waals surface area contributed by atoms with Crippen LogP contribution in [0, 0.1) is 6.92 Å². The molecule has 0 bridgehead atoms. The molecule has 2 heterocycles. The van der Waals surface area contributed by atoms with Crippen molar-refractivity contribution in [2.45, 2.75) is 24.6 Å². The number of amidine groups is 1. The van der Waals surface area contributed by atoms with Crippen LogP contribution in [0.15, 0.2) is 47.5 Å². The summed E-state index contributed by atoms with van der Waals surface area (Å²) >= 11 is 1.35. The topological polar surface area (TPSA) is 85.3 Å². The molecule has 7 nitrogen and oxygen atoms in total. The van der Waals surface area contributed by atoms with Crippen LogP contribution in [0.5, 0.6) is 11.5 Å². The first-order chi connectivity index (χ1) is 14.8. The molecule has 0 N–H and O–H groups in total. The molecule has 0 aromatic heterocycles. The summed E-state index contributed by atoms with van der Waals surface area (Å²) in [4.78, 5) is 19.0. The molecule has 31 heavy (non-hydrogen) atoms.